The monoisotopic (exact) mass is 278 g/mol. The summed E-state index contributed by atoms with van der Waals surface area (Å²) in [4.78, 5) is 14.3. The molecule has 0 spiro atoms. The number of aliphatic hydroxyl groups is 1. The lowest BCUT2D eigenvalue weighted by molar-refractivity contribution is 0.0882. The Kier molecular flexibility index (Phi) is 3.81. The molecule has 2 heterocycles. The average Bonchev–Trinajstić information content (AvgIpc) is 2.90. The van der Waals surface area contributed by atoms with Crippen molar-refractivity contribution >= 4 is 11.9 Å². The predicted molar refractivity (Wildman–Crippen MR) is 74.3 cm³/mol. The third kappa shape index (κ3) is 3.39. The molecule has 0 saturated heterocycles. The van der Waals surface area contributed by atoms with Crippen molar-refractivity contribution < 1.29 is 5.11 Å². The van der Waals surface area contributed by atoms with Gasteiger partial charge in [0, 0.05) is 26.0 Å². The van der Waals surface area contributed by atoms with E-state index in [9.17, 15) is 5.11 Å². The number of aromatic nitrogens is 5. The Labute approximate surface area is 116 Å². The van der Waals surface area contributed by atoms with Crippen molar-refractivity contribution in [2.75, 3.05) is 23.9 Å². The molecule has 0 bridgehead atoms. The number of hydrogen-bond acceptors (Lipinski definition) is 8. The normalized spacial score (nSPS) is 11.4. The summed E-state index contributed by atoms with van der Waals surface area (Å²) in [7, 11) is 1.78. The van der Waals surface area contributed by atoms with E-state index in [2.05, 4.69) is 25.5 Å². The summed E-state index contributed by atoms with van der Waals surface area (Å²) in [5.74, 6) is 6.33. The first-order valence-electron chi connectivity index (χ1n) is 6.05. The maximum atomic E-state index is 9.86. The fourth-order valence-electron chi connectivity index (χ4n) is 1.73. The van der Waals surface area contributed by atoms with Crippen molar-refractivity contribution in [2.24, 2.45) is 5.84 Å². The van der Waals surface area contributed by atoms with Gasteiger partial charge >= 0.3 is 0 Å². The Balaban J connectivity index is 2.36. The molecular formula is C11H18N8O. The fourth-order valence-corrected chi connectivity index (χ4v) is 1.73. The Morgan fingerprint density at radius 3 is 2.70 bits per heavy atom. The molecule has 0 saturated carbocycles. The Bertz CT molecular complexity index is 562. The van der Waals surface area contributed by atoms with Crippen LogP contribution in [0.15, 0.2) is 18.5 Å². The molecule has 0 atom stereocenters. The van der Waals surface area contributed by atoms with Crippen LogP contribution in [0, 0.1) is 0 Å². The third-order valence-corrected chi connectivity index (χ3v) is 2.42. The van der Waals surface area contributed by atoms with Crippen molar-refractivity contribution in [3.63, 3.8) is 0 Å². The molecule has 4 N–H and O–H groups in total. The second-order valence-electron chi connectivity index (χ2n) is 5.02. The van der Waals surface area contributed by atoms with Crippen molar-refractivity contribution in [3.8, 4) is 5.95 Å². The number of hydrogen-bond donors (Lipinski definition) is 3. The maximum absolute atomic E-state index is 9.86. The second-order valence-corrected chi connectivity index (χ2v) is 5.02. The van der Waals surface area contributed by atoms with Crippen LogP contribution in [0.3, 0.4) is 0 Å². The molecule has 108 valence electrons. The molecule has 0 unspecified atom stereocenters. The first-order chi connectivity index (χ1) is 9.39. The maximum Gasteiger partial charge on any atom is 0.257 e. The molecule has 20 heavy (non-hydrogen) atoms. The van der Waals surface area contributed by atoms with E-state index in [1.54, 1.807) is 44.3 Å². The Morgan fingerprint density at radius 2 is 2.15 bits per heavy atom. The van der Waals surface area contributed by atoms with Crippen LogP contribution in [0.1, 0.15) is 13.8 Å². The number of likely N-dealkylation sites (N-methyl/N-ethyl adjacent to an activating group) is 1. The summed E-state index contributed by atoms with van der Waals surface area (Å²) in [5.41, 5.74) is 1.52. The van der Waals surface area contributed by atoms with Gasteiger partial charge in [0.25, 0.3) is 5.95 Å². The van der Waals surface area contributed by atoms with E-state index in [1.165, 1.54) is 4.68 Å². The lowest BCUT2D eigenvalue weighted by Gasteiger charge is -2.25. The van der Waals surface area contributed by atoms with E-state index >= 15 is 0 Å². The van der Waals surface area contributed by atoms with Gasteiger partial charge in [0.1, 0.15) is 0 Å². The molecule has 0 fully saturated rings. The smallest absolute Gasteiger partial charge is 0.257 e. The third-order valence-electron chi connectivity index (χ3n) is 2.42. The molecule has 0 amide bonds. The summed E-state index contributed by atoms with van der Waals surface area (Å²) >= 11 is 0. The molecule has 2 aromatic heterocycles. The van der Waals surface area contributed by atoms with E-state index in [4.69, 9.17) is 5.84 Å². The van der Waals surface area contributed by atoms with Crippen molar-refractivity contribution in [3.05, 3.63) is 18.5 Å². The summed E-state index contributed by atoms with van der Waals surface area (Å²) in [6.45, 7) is 3.78. The molecule has 0 aliphatic rings. The summed E-state index contributed by atoms with van der Waals surface area (Å²) in [6.07, 6.45) is 3.34. The molecular weight excluding hydrogens is 260 g/mol. The van der Waals surface area contributed by atoms with Crippen LogP contribution >= 0.6 is 0 Å². The Hall–Kier alpha value is -2.26. The minimum absolute atomic E-state index is 0.225. The average molecular weight is 278 g/mol. The van der Waals surface area contributed by atoms with Gasteiger partial charge in [0.05, 0.1) is 5.60 Å². The van der Waals surface area contributed by atoms with Crippen molar-refractivity contribution in [1.29, 1.82) is 0 Å². The van der Waals surface area contributed by atoms with Crippen LogP contribution in [0.5, 0.6) is 0 Å². The van der Waals surface area contributed by atoms with Gasteiger partial charge in [-0.25, -0.2) is 10.5 Å². The predicted octanol–water partition coefficient (Wildman–Crippen LogP) is -0.450. The van der Waals surface area contributed by atoms with Gasteiger partial charge in [-0.1, -0.05) is 0 Å². The zero-order chi connectivity index (χ0) is 14.8. The number of nitrogens with zero attached hydrogens (tertiary/aromatic N) is 6. The van der Waals surface area contributed by atoms with E-state index in [1.807, 2.05) is 0 Å². The van der Waals surface area contributed by atoms with Gasteiger partial charge in [0.2, 0.25) is 11.9 Å². The second kappa shape index (κ2) is 5.39. The largest absolute Gasteiger partial charge is 0.389 e. The van der Waals surface area contributed by atoms with Gasteiger partial charge < -0.3 is 10.0 Å². The molecule has 0 radical (unpaired) electrons. The van der Waals surface area contributed by atoms with E-state index in [-0.39, 0.29) is 5.95 Å². The van der Waals surface area contributed by atoms with Crippen molar-refractivity contribution in [1.82, 2.24) is 24.7 Å². The van der Waals surface area contributed by atoms with Crippen molar-refractivity contribution in [2.45, 2.75) is 19.4 Å². The van der Waals surface area contributed by atoms with E-state index in [0.717, 1.165) is 0 Å². The van der Waals surface area contributed by atoms with E-state index in [0.29, 0.717) is 18.4 Å². The first-order valence-corrected chi connectivity index (χ1v) is 6.05. The van der Waals surface area contributed by atoms with Gasteiger partial charge in [-0.2, -0.15) is 20.1 Å². The highest BCUT2D eigenvalue weighted by molar-refractivity contribution is 5.39. The zero-order valence-electron chi connectivity index (χ0n) is 11.6. The van der Waals surface area contributed by atoms with Gasteiger partial charge in [-0.05, 0) is 19.9 Å². The standard InChI is InChI=1S/C11H18N8O/c1-11(2,20)7-18(3)9-14-8(17-12)15-10(16-9)19-6-4-5-13-19/h4-6,20H,7,12H2,1-3H3,(H,14,15,16,17). The SMILES string of the molecule is CN(CC(C)(C)O)c1nc(NN)nc(-n2cccn2)n1. The van der Waals surface area contributed by atoms with E-state index < -0.39 is 5.60 Å². The highest BCUT2D eigenvalue weighted by Gasteiger charge is 2.19. The van der Waals surface area contributed by atoms with Crippen LogP contribution < -0.4 is 16.2 Å². The van der Waals surface area contributed by atoms with Crippen LogP contribution in [0.25, 0.3) is 5.95 Å². The number of rotatable bonds is 5. The molecule has 0 aliphatic carbocycles. The quantitative estimate of drug-likeness (QED) is 0.497. The molecule has 2 rings (SSSR count). The highest BCUT2D eigenvalue weighted by Crippen LogP contribution is 2.14. The minimum Gasteiger partial charge on any atom is -0.389 e. The number of nitrogens with two attached hydrogens (primary N) is 1. The topological polar surface area (TPSA) is 118 Å². The molecule has 9 nitrogen and oxygen atoms in total. The summed E-state index contributed by atoms with van der Waals surface area (Å²) < 4.78 is 1.50. The highest BCUT2D eigenvalue weighted by atomic mass is 16.3. The van der Waals surface area contributed by atoms with Crippen LogP contribution in [0.2, 0.25) is 0 Å². The number of anilines is 2. The zero-order valence-corrected chi connectivity index (χ0v) is 11.6. The number of nitrogen functional groups attached to an aromatic ring is 1. The fraction of sp³-hybridized carbons (Fsp3) is 0.455. The molecule has 2 aromatic rings. The van der Waals surface area contributed by atoms with Crippen LogP contribution in [-0.2, 0) is 0 Å². The van der Waals surface area contributed by atoms with Gasteiger partial charge in [-0.15, -0.1) is 0 Å². The minimum atomic E-state index is -0.871. The van der Waals surface area contributed by atoms with Crippen LogP contribution in [0.4, 0.5) is 11.9 Å². The first kappa shape index (κ1) is 14.2. The lowest BCUT2D eigenvalue weighted by Crippen LogP contribution is -2.37. The number of hydrazine groups is 1. The molecule has 9 heteroatoms. The van der Waals surface area contributed by atoms with Gasteiger partial charge in [0.15, 0.2) is 0 Å². The van der Waals surface area contributed by atoms with Crippen LogP contribution in [-0.4, -0.2) is 49.0 Å². The molecule has 0 aromatic carbocycles. The Morgan fingerprint density at radius 1 is 1.40 bits per heavy atom. The van der Waals surface area contributed by atoms with Gasteiger partial charge in [-0.3, -0.25) is 5.43 Å². The summed E-state index contributed by atoms with van der Waals surface area (Å²) in [6, 6.07) is 1.76. The lowest BCUT2D eigenvalue weighted by atomic mass is 10.1. The molecule has 0 aliphatic heterocycles. The number of nitrogens with one attached hydrogen (secondary N) is 1. The summed E-state index contributed by atoms with van der Waals surface area (Å²) in [5, 5.41) is 13.9.